The van der Waals surface area contributed by atoms with E-state index in [1.54, 1.807) is 7.11 Å². The fourth-order valence-corrected chi connectivity index (χ4v) is 3.18. The summed E-state index contributed by atoms with van der Waals surface area (Å²) in [5, 5.41) is 6.63. The highest BCUT2D eigenvalue weighted by molar-refractivity contribution is 5.60. The minimum atomic E-state index is 0.616. The van der Waals surface area contributed by atoms with Crippen molar-refractivity contribution in [2.24, 2.45) is 0 Å². The van der Waals surface area contributed by atoms with Gasteiger partial charge in [0.25, 0.3) is 0 Å². The number of methoxy groups -OCH3 is 1. The fraction of sp³-hybridized carbons (Fsp3) is 0.500. The van der Waals surface area contributed by atoms with Crippen LogP contribution in [-0.2, 0) is 4.74 Å². The van der Waals surface area contributed by atoms with Gasteiger partial charge in [-0.15, -0.1) is 0 Å². The molecule has 1 aromatic heterocycles. The molecule has 0 aliphatic carbocycles. The fourth-order valence-electron chi connectivity index (χ4n) is 3.18. The third-order valence-electron chi connectivity index (χ3n) is 4.53. The Morgan fingerprint density at radius 3 is 2.58 bits per heavy atom. The average Bonchev–Trinajstić information content (AvgIpc) is 2.66. The van der Waals surface area contributed by atoms with Crippen molar-refractivity contribution < 1.29 is 4.74 Å². The van der Waals surface area contributed by atoms with Gasteiger partial charge in [-0.05, 0) is 56.9 Å². The Hall–Kier alpha value is -2.34. The standard InChI is InChI=1S/C20H29N5O/c1-16-15-19(21-11-6-14-26-2)24-20(22-16)23-17-7-9-18(10-8-17)25-12-4-3-5-13-25/h7-10,15H,3-6,11-14H2,1-2H3,(H2,21,22,23,24). The molecule has 0 amide bonds. The Morgan fingerprint density at radius 1 is 1.08 bits per heavy atom. The predicted octanol–water partition coefficient (Wildman–Crippen LogP) is 3.97. The number of hydrogen-bond acceptors (Lipinski definition) is 6. The highest BCUT2D eigenvalue weighted by atomic mass is 16.5. The lowest BCUT2D eigenvalue weighted by Crippen LogP contribution is -2.29. The van der Waals surface area contributed by atoms with Gasteiger partial charge in [0.05, 0.1) is 0 Å². The number of piperidine rings is 1. The van der Waals surface area contributed by atoms with E-state index in [1.807, 2.05) is 13.0 Å². The lowest BCUT2D eigenvalue weighted by Gasteiger charge is -2.28. The van der Waals surface area contributed by atoms with Crippen molar-refractivity contribution in [2.75, 3.05) is 48.9 Å². The number of hydrogen-bond donors (Lipinski definition) is 2. The van der Waals surface area contributed by atoms with Crippen LogP contribution in [0.2, 0.25) is 0 Å². The van der Waals surface area contributed by atoms with E-state index in [2.05, 4.69) is 49.8 Å². The first kappa shape index (κ1) is 18.5. The minimum Gasteiger partial charge on any atom is -0.385 e. The molecule has 0 unspecified atom stereocenters. The number of benzene rings is 1. The molecule has 26 heavy (non-hydrogen) atoms. The second-order valence-corrected chi connectivity index (χ2v) is 6.71. The molecule has 2 heterocycles. The summed E-state index contributed by atoms with van der Waals surface area (Å²) in [7, 11) is 1.72. The number of aryl methyl sites for hydroxylation is 1. The first-order valence-electron chi connectivity index (χ1n) is 9.45. The van der Waals surface area contributed by atoms with Crippen LogP contribution in [-0.4, -0.2) is 43.3 Å². The first-order valence-corrected chi connectivity index (χ1v) is 9.45. The van der Waals surface area contributed by atoms with Crippen LogP contribution in [0.1, 0.15) is 31.4 Å². The van der Waals surface area contributed by atoms with Gasteiger partial charge in [-0.1, -0.05) is 0 Å². The van der Waals surface area contributed by atoms with Crippen LogP contribution in [0.25, 0.3) is 0 Å². The van der Waals surface area contributed by atoms with Crippen molar-refractivity contribution in [1.82, 2.24) is 9.97 Å². The number of nitrogens with one attached hydrogen (secondary N) is 2. The second-order valence-electron chi connectivity index (χ2n) is 6.71. The molecular formula is C20H29N5O. The number of anilines is 4. The van der Waals surface area contributed by atoms with Gasteiger partial charge in [0, 0.05) is 56.5 Å². The van der Waals surface area contributed by atoms with E-state index in [9.17, 15) is 0 Å². The summed E-state index contributed by atoms with van der Waals surface area (Å²) in [5.74, 6) is 1.45. The van der Waals surface area contributed by atoms with Gasteiger partial charge in [0.2, 0.25) is 5.95 Å². The minimum absolute atomic E-state index is 0.616. The van der Waals surface area contributed by atoms with Crippen LogP contribution in [0.4, 0.5) is 23.1 Å². The Labute approximate surface area is 156 Å². The third-order valence-corrected chi connectivity index (χ3v) is 4.53. The van der Waals surface area contributed by atoms with Crippen molar-refractivity contribution in [3.63, 3.8) is 0 Å². The van der Waals surface area contributed by atoms with Gasteiger partial charge < -0.3 is 20.3 Å². The summed E-state index contributed by atoms with van der Waals surface area (Å²) in [4.78, 5) is 11.5. The lowest BCUT2D eigenvalue weighted by molar-refractivity contribution is 0.198. The van der Waals surface area contributed by atoms with Crippen LogP contribution in [0.15, 0.2) is 30.3 Å². The van der Waals surface area contributed by atoms with Crippen LogP contribution in [0.3, 0.4) is 0 Å². The number of ether oxygens (including phenoxy) is 1. The van der Waals surface area contributed by atoms with Gasteiger partial charge in [0.15, 0.2) is 0 Å². The van der Waals surface area contributed by atoms with E-state index in [1.165, 1.54) is 24.9 Å². The average molecular weight is 355 g/mol. The predicted molar refractivity (Wildman–Crippen MR) is 108 cm³/mol. The van der Waals surface area contributed by atoms with Crippen molar-refractivity contribution in [3.05, 3.63) is 36.0 Å². The normalized spacial score (nSPS) is 14.3. The van der Waals surface area contributed by atoms with Crippen molar-refractivity contribution in [3.8, 4) is 0 Å². The molecule has 0 radical (unpaired) electrons. The lowest BCUT2D eigenvalue weighted by atomic mass is 10.1. The topological polar surface area (TPSA) is 62.3 Å². The highest BCUT2D eigenvalue weighted by Crippen LogP contribution is 2.23. The SMILES string of the molecule is COCCCNc1cc(C)nc(Nc2ccc(N3CCCCC3)cc2)n1. The Morgan fingerprint density at radius 2 is 1.85 bits per heavy atom. The summed E-state index contributed by atoms with van der Waals surface area (Å²) >= 11 is 0. The van der Waals surface area contributed by atoms with Gasteiger partial charge in [-0.25, -0.2) is 4.98 Å². The van der Waals surface area contributed by atoms with Crippen molar-refractivity contribution in [1.29, 1.82) is 0 Å². The van der Waals surface area contributed by atoms with Gasteiger partial charge in [-0.3, -0.25) is 0 Å². The van der Waals surface area contributed by atoms with E-state index < -0.39 is 0 Å². The molecule has 0 atom stereocenters. The number of aromatic nitrogens is 2. The second kappa shape index (κ2) is 9.38. The molecule has 1 aliphatic heterocycles. The van der Waals surface area contributed by atoms with Crippen molar-refractivity contribution in [2.45, 2.75) is 32.6 Å². The van der Waals surface area contributed by atoms with Gasteiger partial charge in [0.1, 0.15) is 5.82 Å². The molecule has 0 saturated carbocycles. The molecule has 2 N–H and O–H groups in total. The zero-order chi connectivity index (χ0) is 18.2. The molecule has 2 aromatic rings. The molecule has 1 aromatic carbocycles. The molecule has 3 rings (SSSR count). The van der Waals surface area contributed by atoms with E-state index in [-0.39, 0.29) is 0 Å². The molecule has 1 fully saturated rings. The van der Waals surface area contributed by atoms with Crippen LogP contribution in [0.5, 0.6) is 0 Å². The summed E-state index contributed by atoms with van der Waals surface area (Å²) in [6, 6.07) is 10.5. The maximum Gasteiger partial charge on any atom is 0.229 e. The maximum absolute atomic E-state index is 5.07. The molecule has 0 bridgehead atoms. The van der Waals surface area contributed by atoms with E-state index in [0.29, 0.717) is 5.95 Å². The first-order chi connectivity index (χ1) is 12.7. The quantitative estimate of drug-likeness (QED) is 0.699. The molecule has 1 saturated heterocycles. The summed E-state index contributed by atoms with van der Waals surface area (Å²) in [5.41, 5.74) is 3.23. The van der Waals surface area contributed by atoms with Gasteiger partial charge in [-0.2, -0.15) is 4.98 Å². The van der Waals surface area contributed by atoms with Crippen LogP contribution < -0.4 is 15.5 Å². The molecule has 1 aliphatic rings. The highest BCUT2D eigenvalue weighted by Gasteiger charge is 2.10. The van der Waals surface area contributed by atoms with E-state index in [0.717, 1.165) is 49.9 Å². The summed E-state index contributed by atoms with van der Waals surface area (Å²) < 4.78 is 5.07. The summed E-state index contributed by atoms with van der Waals surface area (Å²) in [6.07, 6.45) is 4.87. The molecular weight excluding hydrogens is 326 g/mol. The van der Waals surface area contributed by atoms with Crippen LogP contribution in [0, 0.1) is 6.92 Å². The Kier molecular flexibility index (Phi) is 6.66. The van der Waals surface area contributed by atoms with Gasteiger partial charge >= 0.3 is 0 Å². The largest absolute Gasteiger partial charge is 0.385 e. The smallest absolute Gasteiger partial charge is 0.229 e. The zero-order valence-electron chi connectivity index (χ0n) is 15.8. The monoisotopic (exact) mass is 355 g/mol. The Balaban J connectivity index is 1.61. The Bertz CT molecular complexity index is 683. The molecule has 6 nitrogen and oxygen atoms in total. The number of nitrogens with zero attached hydrogens (tertiary/aromatic N) is 3. The maximum atomic E-state index is 5.07. The van der Waals surface area contributed by atoms with E-state index >= 15 is 0 Å². The number of rotatable bonds is 8. The van der Waals surface area contributed by atoms with E-state index in [4.69, 9.17) is 4.74 Å². The molecule has 140 valence electrons. The third kappa shape index (κ3) is 5.33. The zero-order valence-corrected chi connectivity index (χ0v) is 15.8. The van der Waals surface area contributed by atoms with Crippen LogP contribution >= 0.6 is 0 Å². The molecule has 6 heteroatoms. The summed E-state index contributed by atoms with van der Waals surface area (Å²) in [6.45, 7) is 5.87. The molecule has 0 spiro atoms. The van der Waals surface area contributed by atoms with Crippen molar-refractivity contribution >= 4 is 23.1 Å².